The minimum atomic E-state index is -0.377. The van der Waals surface area contributed by atoms with Gasteiger partial charge < -0.3 is 15.0 Å². The first-order valence-corrected chi connectivity index (χ1v) is 11.5. The third kappa shape index (κ3) is 5.81. The zero-order valence-electron chi connectivity index (χ0n) is 19.4. The highest BCUT2D eigenvalue weighted by molar-refractivity contribution is 5.79. The smallest absolute Gasteiger partial charge is 0.271 e. The Hall–Kier alpha value is -3.68. The van der Waals surface area contributed by atoms with E-state index < -0.39 is 0 Å². The number of piperidine rings is 1. The van der Waals surface area contributed by atoms with E-state index in [2.05, 4.69) is 10.4 Å². The topological polar surface area (TPSA) is 76.5 Å². The van der Waals surface area contributed by atoms with Gasteiger partial charge in [0.1, 0.15) is 17.4 Å². The fourth-order valence-corrected chi connectivity index (χ4v) is 4.03. The van der Waals surface area contributed by atoms with Crippen LogP contribution in [0.4, 0.5) is 10.2 Å². The minimum absolute atomic E-state index is 0.000868. The molecule has 178 valence electrons. The Bertz CT molecular complexity index is 1180. The lowest BCUT2D eigenvalue weighted by molar-refractivity contribution is -0.125. The Labute approximate surface area is 198 Å². The van der Waals surface area contributed by atoms with Crippen molar-refractivity contribution in [1.82, 2.24) is 15.1 Å². The zero-order valence-corrected chi connectivity index (χ0v) is 19.4. The summed E-state index contributed by atoms with van der Waals surface area (Å²) in [5.41, 5.74) is 1.20. The van der Waals surface area contributed by atoms with Gasteiger partial charge in [-0.1, -0.05) is 12.1 Å². The number of ether oxygens (including phenoxy) is 1. The largest absolute Gasteiger partial charge is 0.491 e. The van der Waals surface area contributed by atoms with Crippen LogP contribution in [0.3, 0.4) is 0 Å². The van der Waals surface area contributed by atoms with Crippen LogP contribution in [-0.2, 0) is 11.3 Å². The number of hydrogen-bond donors (Lipinski definition) is 1. The molecule has 1 N–H and O–H groups in total. The number of aromatic nitrogens is 2. The van der Waals surface area contributed by atoms with E-state index >= 15 is 0 Å². The summed E-state index contributed by atoms with van der Waals surface area (Å²) >= 11 is 0. The second-order valence-electron chi connectivity index (χ2n) is 8.73. The molecule has 7 nitrogen and oxygen atoms in total. The molecule has 0 bridgehead atoms. The van der Waals surface area contributed by atoms with Crippen LogP contribution in [0.1, 0.15) is 32.3 Å². The molecule has 3 aromatic rings. The van der Waals surface area contributed by atoms with Crippen LogP contribution in [0.5, 0.6) is 5.75 Å². The zero-order chi connectivity index (χ0) is 24.1. The number of rotatable bonds is 7. The Morgan fingerprint density at radius 3 is 2.56 bits per heavy atom. The van der Waals surface area contributed by atoms with Crippen LogP contribution in [0.25, 0.3) is 5.69 Å². The molecule has 1 aromatic heterocycles. The van der Waals surface area contributed by atoms with Gasteiger partial charge in [0, 0.05) is 25.7 Å². The lowest BCUT2D eigenvalue weighted by Crippen LogP contribution is -2.43. The fourth-order valence-electron chi connectivity index (χ4n) is 4.03. The number of carbonyl (C=O) groups excluding carboxylic acids is 1. The SMILES string of the molecule is CC(C)Oc1ccc(CNC(=O)[C@@H]2CCCN(c3ccc(=O)n(-c4ccc(F)cc4)n3)C2)cc1. The molecule has 1 aliphatic heterocycles. The summed E-state index contributed by atoms with van der Waals surface area (Å²) < 4.78 is 20.2. The van der Waals surface area contributed by atoms with Gasteiger partial charge in [0.05, 0.1) is 17.7 Å². The number of nitrogens with zero attached hydrogens (tertiary/aromatic N) is 3. The van der Waals surface area contributed by atoms with Gasteiger partial charge in [0.2, 0.25) is 5.91 Å². The average molecular weight is 465 g/mol. The Balaban J connectivity index is 1.39. The summed E-state index contributed by atoms with van der Waals surface area (Å²) in [5, 5.41) is 7.51. The van der Waals surface area contributed by atoms with E-state index in [4.69, 9.17) is 4.74 Å². The second kappa shape index (κ2) is 10.5. The third-order valence-corrected chi connectivity index (χ3v) is 5.74. The maximum absolute atomic E-state index is 13.3. The molecule has 34 heavy (non-hydrogen) atoms. The number of amides is 1. The third-order valence-electron chi connectivity index (χ3n) is 5.74. The predicted molar refractivity (Wildman–Crippen MR) is 129 cm³/mol. The molecule has 0 unspecified atom stereocenters. The summed E-state index contributed by atoms with van der Waals surface area (Å²) in [6.45, 7) is 5.67. The van der Waals surface area contributed by atoms with E-state index in [1.807, 2.05) is 43.0 Å². The molecule has 1 saturated heterocycles. The summed E-state index contributed by atoms with van der Waals surface area (Å²) in [5.74, 6) is 0.867. The molecule has 2 heterocycles. The van der Waals surface area contributed by atoms with Crippen LogP contribution in [-0.4, -0.2) is 34.9 Å². The van der Waals surface area contributed by atoms with E-state index in [0.717, 1.165) is 30.7 Å². The van der Waals surface area contributed by atoms with Gasteiger partial charge in [0.25, 0.3) is 5.56 Å². The quantitative estimate of drug-likeness (QED) is 0.577. The van der Waals surface area contributed by atoms with Gasteiger partial charge in [-0.3, -0.25) is 9.59 Å². The average Bonchev–Trinajstić information content (AvgIpc) is 2.84. The molecule has 0 radical (unpaired) electrons. The van der Waals surface area contributed by atoms with E-state index in [0.29, 0.717) is 24.6 Å². The Kier molecular flexibility index (Phi) is 7.25. The van der Waals surface area contributed by atoms with Crippen LogP contribution < -0.4 is 20.5 Å². The summed E-state index contributed by atoms with van der Waals surface area (Å²) in [6.07, 6.45) is 1.75. The number of benzene rings is 2. The van der Waals surface area contributed by atoms with Crippen molar-refractivity contribution < 1.29 is 13.9 Å². The van der Waals surface area contributed by atoms with Gasteiger partial charge in [-0.05, 0) is 74.7 Å². The minimum Gasteiger partial charge on any atom is -0.491 e. The van der Waals surface area contributed by atoms with E-state index in [-0.39, 0.29) is 29.3 Å². The fraction of sp³-hybridized carbons (Fsp3) is 0.346. The monoisotopic (exact) mass is 464 g/mol. The van der Waals surface area contributed by atoms with Crippen molar-refractivity contribution in [2.45, 2.75) is 39.3 Å². The van der Waals surface area contributed by atoms with Crippen molar-refractivity contribution >= 4 is 11.7 Å². The van der Waals surface area contributed by atoms with Crippen LogP contribution >= 0.6 is 0 Å². The molecule has 0 saturated carbocycles. The first kappa shape index (κ1) is 23.5. The van der Waals surface area contributed by atoms with E-state index in [1.54, 1.807) is 6.07 Å². The van der Waals surface area contributed by atoms with E-state index in [9.17, 15) is 14.0 Å². The summed E-state index contributed by atoms with van der Waals surface area (Å²) in [6, 6.07) is 16.5. The molecule has 0 spiro atoms. The van der Waals surface area contributed by atoms with Gasteiger partial charge in [-0.15, -0.1) is 5.10 Å². The molecular weight excluding hydrogens is 435 g/mol. The standard InChI is InChI=1S/C26H29FN4O3/c1-18(2)34-23-11-5-19(6-12-23)16-28-26(33)20-4-3-15-30(17-20)24-13-14-25(32)31(29-24)22-9-7-21(27)8-10-22/h5-14,18,20H,3-4,15-17H2,1-2H3,(H,28,33)/t20-/m1/s1. The van der Waals surface area contributed by atoms with Crippen molar-refractivity contribution in [2.24, 2.45) is 5.92 Å². The van der Waals surface area contributed by atoms with Gasteiger partial charge >= 0.3 is 0 Å². The van der Waals surface area contributed by atoms with Crippen molar-refractivity contribution in [3.05, 3.63) is 82.4 Å². The van der Waals surface area contributed by atoms with Crippen LogP contribution in [0, 0.1) is 11.7 Å². The van der Waals surface area contributed by atoms with Gasteiger partial charge in [-0.25, -0.2) is 4.39 Å². The number of carbonyl (C=O) groups is 1. The lowest BCUT2D eigenvalue weighted by atomic mass is 9.97. The number of hydrogen-bond acceptors (Lipinski definition) is 5. The van der Waals surface area contributed by atoms with Crippen LogP contribution in [0.2, 0.25) is 0 Å². The second-order valence-corrected chi connectivity index (χ2v) is 8.73. The predicted octanol–water partition coefficient (Wildman–Crippen LogP) is 3.69. The van der Waals surface area contributed by atoms with Crippen molar-refractivity contribution in [3.63, 3.8) is 0 Å². The molecule has 1 amide bonds. The molecule has 1 aliphatic rings. The van der Waals surface area contributed by atoms with Crippen molar-refractivity contribution in [1.29, 1.82) is 0 Å². The Morgan fingerprint density at radius 2 is 1.85 bits per heavy atom. The van der Waals surface area contributed by atoms with Gasteiger partial charge in [0.15, 0.2) is 0 Å². The summed E-state index contributed by atoms with van der Waals surface area (Å²) in [4.78, 5) is 27.2. The van der Waals surface area contributed by atoms with E-state index in [1.165, 1.54) is 35.0 Å². The molecule has 4 rings (SSSR count). The maximum Gasteiger partial charge on any atom is 0.271 e. The number of anilines is 1. The first-order valence-electron chi connectivity index (χ1n) is 11.5. The highest BCUT2D eigenvalue weighted by Crippen LogP contribution is 2.22. The first-order chi connectivity index (χ1) is 16.4. The highest BCUT2D eigenvalue weighted by atomic mass is 19.1. The summed E-state index contributed by atoms with van der Waals surface area (Å²) in [7, 11) is 0. The van der Waals surface area contributed by atoms with Crippen molar-refractivity contribution in [3.8, 4) is 11.4 Å². The van der Waals surface area contributed by atoms with Crippen LogP contribution in [0.15, 0.2) is 65.5 Å². The Morgan fingerprint density at radius 1 is 1.12 bits per heavy atom. The number of halogens is 1. The van der Waals surface area contributed by atoms with Gasteiger partial charge in [-0.2, -0.15) is 4.68 Å². The highest BCUT2D eigenvalue weighted by Gasteiger charge is 2.27. The maximum atomic E-state index is 13.3. The molecule has 2 aromatic carbocycles. The number of nitrogens with one attached hydrogen (secondary N) is 1. The lowest BCUT2D eigenvalue weighted by Gasteiger charge is -2.33. The molecule has 8 heteroatoms. The molecule has 1 atom stereocenters. The molecule has 0 aliphatic carbocycles. The normalized spacial score (nSPS) is 15.9. The molecule has 1 fully saturated rings. The molecular formula is C26H29FN4O3. The van der Waals surface area contributed by atoms with Crippen molar-refractivity contribution in [2.75, 3.05) is 18.0 Å².